The summed E-state index contributed by atoms with van der Waals surface area (Å²) in [4.78, 5) is 26.5. The zero-order chi connectivity index (χ0) is 17.8. The van der Waals surface area contributed by atoms with Crippen molar-refractivity contribution in [3.63, 3.8) is 0 Å². The summed E-state index contributed by atoms with van der Waals surface area (Å²) in [6.07, 6.45) is 2.76. The minimum Gasteiger partial charge on any atom is -0.361 e. The molecule has 0 bridgehead atoms. The molecule has 2 aromatic carbocycles. The van der Waals surface area contributed by atoms with Crippen LogP contribution in [0.1, 0.15) is 28.4 Å². The molecule has 0 saturated carbocycles. The van der Waals surface area contributed by atoms with Gasteiger partial charge in [-0.1, -0.05) is 11.6 Å². The number of nitrogens with one attached hydrogen (secondary N) is 3. The predicted molar refractivity (Wildman–Crippen MR) is 99.8 cm³/mol. The van der Waals surface area contributed by atoms with E-state index >= 15 is 0 Å². The van der Waals surface area contributed by atoms with Crippen molar-refractivity contribution < 1.29 is 9.59 Å². The van der Waals surface area contributed by atoms with E-state index in [2.05, 4.69) is 40.7 Å². The van der Waals surface area contributed by atoms with Crippen molar-refractivity contribution in [2.45, 2.75) is 20.3 Å². The number of benzene rings is 2. The van der Waals surface area contributed by atoms with Crippen LogP contribution in [0.3, 0.4) is 0 Å². The lowest BCUT2D eigenvalue weighted by molar-refractivity contribution is -0.114. The Bertz CT molecular complexity index is 910. The van der Waals surface area contributed by atoms with Crippen molar-refractivity contribution in [3.05, 3.63) is 65.4 Å². The van der Waals surface area contributed by atoms with Gasteiger partial charge in [0.2, 0.25) is 5.91 Å². The smallest absolute Gasteiger partial charge is 0.251 e. The molecular formula is C20H21N3O2. The van der Waals surface area contributed by atoms with Gasteiger partial charge in [-0.25, -0.2) is 0 Å². The summed E-state index contributed by atoms with van der Waals surface area (Å²) in [6.45, 7) is 4.09. The molecule has 25 heavy (non-hydrogen) atoms. The maximum atomic E-state index is 12.2. The zero-order valence-corrected chi connectivity index (χ0v) is 14.3. The number of H-pyrrole nitrogens is 1. The highest BCUT2D eigenvalue weighted by molar-refractivity contribution is 5.95. The topological polar surface area (TPSA) is 74.0 Å². The van der Waals surface area contributed by atoms with E-state index < -0.39 is 0 Å². The molecule has 5 heteroatoms. The molecule has 0 aliphatic rings. The average molecular weight is 335 g/mol. The van der Waals surface area contributed by atoms with E-state index in [1.54, 1.807) is 24.3 Å². The molecule has 1 aromatic heterocycles. The van der Waals surface area contributed by atoms with Crippen molar-refractivity contribution in [3.8, 4) is 0 Å². The Morgan fingerprint density at radius 3 is 2.56 bits per heavy atom. The number of carbonyl (C=O) groups excluding carboxylic acids is 2. The lowest BCUT2D eigenvalue weighted by Gasteiger charge is -2.07. The fraction of sp³-hybridized carbons (Fsp3) is 0.200. The number of hydrogen-bond donors (Lipinski definition) is 3. The van der Waals surface area contributed by atoms with E-state index in [1.165, 1.54) is 23.4 Å². The van der Waals surface area contributed by atoms with Crippen LogP contribution in [0.4, 0.5) is 5.69 Å². The van der Waals surface area contributed by atoms with Crippen molar-refractivity contribution >= 4 is 28.4 Å². The second-order valence-corrected chi connectivity index (χ2v) is 6.13. The number of aryl methyl sites for hydroxylation is 1. The average Bonchev–Trinajstić information content (AvgIpc) is 2.97. The van der Waals surface area contributed by atoms with Gasteiger partial charge in [0.1, 0.15) is 0 Å². The molecule has 0 aliphatic heterocycles. The molecule has 3 aromatic rings. The summed E-state index contributed by atoms with van der Waals surface area (Å²) < 4.78 is 0. The lowest BCUT2D eigenvalue weighted by Crippen LogP contribution is -2.25. The molecule has 0 atom stereocenters. The van der Waals surface area contributed by atoms with Crippen molar-refractivity contribution in [2.24, 2.45) is 0 Å². The van der Waals surface area contributed by atoms with E-state index in [0.717, 1.165) is 11.9 Å². The molecule has 3 N–H and O–H groups in total. The molecule has 1 heterocycles. The van der Waals surface area contributed by atoms with Gasteiger partial charge in [0.05, 0.1) is 0 Å². The van der Waals surface area contributed by atoms with Crippen LogP contribution < -0.4 is 10.6 Å². The molecule has 0 aliphatic carbocycles. The van der Waals surface area contributed by atoms with E-state index in [4.69, 9.17) is 0 Å². The molecule has 128 valence electrons. The number of rotatable bonds is 5. The van der Waals surface area contributed by atoms with Gasteiger partial charge in [-0.15, -0.1) is 0 Å². The fourth-order valence-corrected chi connectivity index (χ4v) is 2.82. The third-order valence-corrected chi connectivity index (χ3v) is 4.07. The van der Waals surface area contributed by atoms with Crippen LogP contribution in [0.25, 0.3) is 10.9 Å². The maximum absolute atomic E-state index is 12.2. The monoisotopic (exact) mass is 335 g/mol. The van der Waals surface area contributed by atoms with E-state index in [1.807, 2.05) is 6.20 Å². The van der Waals surface area contributed by atoms with Crippen LogP contribution in [0.5, 0.6) is 0 Å². The standard InChI is InChI=1S/C20H21N3O2/c1-13-3-8-19-18(11-13)16(12-22-19)9-10-21-20(25)15-4-6-17(7-5-15)23-14(2)24/h3-8,11-12,22H,9-10H2,1-2H3,(H,21,25)(H,23,24). The second kappa shape index (κ2) is 7.21. The van der Waals surface area contributed by atoms with Crippen LogP contribution >= 0.6 is 0 Å². The van der Waals surface area contributed by atoms with Crippen molar-refractivity contribution in [2.75, 3.05) is 11.9 Å². The Morgan fingerprint density at radius 1 is 1.08 bits per heavy atom. The van der Waals surface area contributed by atoms with Gasteiger partial charge in [0.15, 0.2) is 0 Å². The molecule has 0 radical (unpaired) electrons. The Kier molecular flexibility index (Phi) is 4.84. The third-order valence-electron chi connectivity index (χ3n) is 4.07. The zero-order valence-electron chi connectivity index (χ0n) is 14.3. The Balaban J connectivity index is 1.58. The number of anilines is 1. The van der Waals surface area contributed by atoms with Crippen LogP contribution in [0.15, 0.2) is 48.7 Å². The third kappa shape index (κ3) is 4.07. The number of fused-ring (bicyclic) bond motifs is 1. The summed E-state index contributed by atoms with van der Waals surface area (Å²) >= 11 is 0. The first-order chi connectivity index (χ1) is 12.0. The number of amides is 2. The molecule has 0 spiro atoms. The maximum Gasteiger partial charge on any atom is 0.251 e. The number of aromatic amines is 1. The quantitative estimate of drug-likeness (QED) is 0.668. The van der Waals surface area contributed by atoms with Gasteiger partial charge in [0, 0.05) is 41.8 Å². The predicted octanol–water partition coefficient (Wildman–Crippen LogP) is 3.41. The summed E-state index contributed by atoms with van der Waals surface area (Å²) in [5.41, 5.74) is 4.78. The molecule has 0 saturated heterocycles. The van der Waals surface area contributed by atoms with Crippen molar-refractivity contribution in [1.82, 2.24) is 10.3 Å². The van der Waals surface area contributed by atoms with Gasteiger partial charge >= 0.3 is 0 Å². The van der Waals surface area contributed by atoms with E-state index in [0.29, 0.717) is 17.8 Å². The molecular weight excluding hydrogens is 314 g/mol. The second-order valence-electron chi connectivity index (χ2n) is 6.13. The van der Waals surface area contributed by atoms with Gasteiger partial charge in [-0.3, -0.25) is 9.59 Å². The van der Waals surface area contributed by atoms with Crippen LogP contribution in [0.2, 0.25) is 0 Å². The first-order valence-electron chi connectivity index (χ1n) is 8.25. The molecule has 0 unspecified atom stereocenters. The summed E-state index contributed by atoms with van der Waals surface area (Å²) in [5, 5.41) is 6.82. The highest BCUT2D eigenvalue weighted by atomic mass is 16.2. The van der Waals surface area contributed by atoms with Crippen LogP contribution in [0, 0.1) is 6.92 Å². The van der Waals surface area contributed by atoms with Gasteiger partial charge < -0.3 is 15.6 Å². The Hall–Kier alpha value is -3.08. The summed E-state index contributed by atoms with van der Waals surface area (Å²) in [6, 6.07) is 13.2. The number of carbonyl (C=O) groups is 2. The SMILES string of the molecule is CC(=O)Nc1ccc(C(=O)NCCc2c[nH]c3ccc(C)cc23)cc1. The minimum atomic E-state index is -0.133. The molecule has 3 rings (SSSR count). The first kappa shape index (κ1) is 16.8. The Morgan fingerprint density at radius 2 is 1.84 bits per heavy atom. The van der Waals surface area contributed by atoms with Gasteiger partial charge in [-0.2, -0.15) is 0 Å². The normalized spacial score (nSPS) is 10.6. The van der Waals surface area contributed by atoms with Crippen LogP contribution in [-0.4, -0.2) is 23.3 Å². The minimum absolute atomic E-state index is 0.120. The summed E-state index contributed by atoms with van der Waals surface area (Å²) in [7, 11) is 0. The van der Waals surface area contributed by atoms with Gasteiger partial charge in [-0.05, 0) is 55.3 Å². The van der Waals surface area contributed by atoms with Crippen molar-refractivity contribution in [1.29, 1.82) is 0 Å². The molecule has 5 nitrogen and oxygen atoms in total. The number of hydrogen-bond acceptors (Lipinski definition) is 2. The number of aromatic nitrogens is 1. The Labute approximate surface area is 146 Å². The molecule has 0 fully saturated rings. The van der Waals surface area contributed by atoms with Crippen LogP contribution in [-0.2, 0) is 11.2 Å². The fourth-order valence-electron chi connectivity index (χ4n) is 2.82. The van der Waals surface area contributed by atoms with Gasteiger partial charge in [0.25, 0.3) is 5.91 Å². The van der Waals surface area contributed by atoms with E-state index in [9.17, 15) is 9.59 Å². The largest absolute Gasteiger partial charge is 0.361 e. The lowest BCUT2D eigenvalue weighted by atomic mass is 10.1. The van der Waals surface area contributed by atoms with E-state index in [-0.39, 0.29) is 11.8 Å². The first-order valence-corrected chi connectivity index (χ1v) is 8.25. The highest BCUT2D eigenvalue weighted by Gasteiger charge is 2.07. The molecule has 2 amide bonds. The summed E-state index contributed by atoms with van der Waals surface area (Å²) in [5.74, 6) is -0.253. The highest BCUT2D eigenvalue weighted by Crippen LogP contribution is 2.19.